The molecule has 6 heteroatoms. The third-order valence-electron chi connectivity index (χ3n) is 2.46. The Hall–Kier alpha value is -1.30. The number of nitrogen functional groups attached to an aromatic ring is 1. The first kappa shape index (κ1) is 14.8. The van der Waals surface area contributed by atoms with Crippen LogP contribution in [-0.4, -0.2) is 37.4 Å². The van der Waals surface area contributed by atoms with E-state index in [4.69, 9.17) is 27.2 Å². The Morgan fingerprint density at radius 1 is 1.61 bits per heavy atom. The summed E-state index contributed by atoms with van der Waals surface area (Å²) in [7, 11) is 1.56. The van der Waals surface area contributed by atoms with Crippen LogP contribution in [0.15, 0.2) is 18.2 Å². The molecule has 0 spiro atoms. The fourth-order valence-corrected chi connectivity index (χ4v) is 1.65. The molecule has 18 heavy (non-hydrogen) atoms. The Bertz CT molecular complexity index is 412. The molecular formula is C12H17ClN2O3. The van der Waals surface area contributed by atoms with Crippen LogP contribution in [0.3, 0.4) is 0 Å². The lowest BCUT2D eigenvalue weighted by molar-refractivity contribution is 0.0895. The monoisotopic (exact) mass is 272 g/mol. The molecule has 1 amide bonds. The fourth-order valence-electron chi connectivity index (χ4n) is 1.45. The third-order valence-corrected chi connectivity index (χ3v) is 2.79. The minimum atomic E-state index is -0.366. The van der Waals surface area contributed by atoms with Crippen molar-refractivity contribution < 1.29 is 14.6 Å². The summed E-state index contributed by atoms with van der Waals surface area (Å²) in [5.41, 5.74) is 6.36. The van der Waals surface area contributed by atoms with Crippen LogP contribution in [0, 0.1) is 0 Å². The van der Waals surface area contributed by atoms with E-state index in [9.17, 15) is 4.79 Å². The maximum Gasteiger partial charge on any atom is 0.253 e. The van der Waals surface area contributed by atoms with Crippen LogP contribution in [0.25, 0.3) is 0 Å². The SMILES string of the molecule is COCCC(CO)NC(=O)c1cc(N)ccc1Cl. The van der Waals surface area contributed by atoms with Crippen LogP contribution in [0.4, 0.5) is 5.69 Å². The van der Waals surface area contributed by atoms with Crippen molar-refractivity contribution in [2.75, 3.05) is 26.1 Å². The zero-order chi connectivity index (χ0) is 13.5. The van der Waals surface area contributed by atoms with Gasteiger partial charge in [-0.2, -0.15) is 0 Å². The van der Waals surface area contributed by atoms with Gasteiger partial charge in [0.05, 0.1) is 23.2 Å². The first-order valence-corrected chi connectivity index (χ1v) is 5.92. The molecule has 0 aliphatic rings. The van der Waals surface area contributed by atoms with Crippen LogP contribution in [0.2, 0.25) is 5.02 Å². The van der Waals surface area contributed by atoms with Gasteiger partial charge in [0.15, 0.2) is 0 Å². The molecule has 0 fully saturated rings. The maximum absolute atomic E-state index is 11.9. The van der Waals surface area contributed by atoms with Crippen LogP contribution < -0.4 is 11.1 Å². The number of methoxy groups -OCH3 is 1. The second-order valence-corrected chi connectivity index (χ2v) is 4.28. The van der Waals surface area contributed by atoms with Gasteiger partial charge in [-0.1, -0.05) is 11.6 Å². The van der Waals surface area contributed by atoms with Gasteiger partial charge in [-0.05, 0) is 24.6 Å². The van der Waals surface area contributed by atoms with E-state index in [2.05, 4.69) is 5.32 Å². The van der Waals surface area contributed by atoms with Crippen LogP contribution >= 0.6 is 11.6 Å². The van der Waals surface area contributed by atoms with Gasteiger partial charge >= 0.3 is 0 Å². The topological polar surface area (TPSA) is 84.6 Å². The molecule has 5 nitrogen and oxygen atoms in total. The molecule has 0 aromatic heterocycles. The molecule has 0 aliphatic heterocycles. The summed E-state index contributed by atoms with van der Waals surface area (Å²) in [6.07, 6.45) is 0.526. The van der Waals surface area contributed by atoms with Crippen molar-refractivity contribution in [2.24, 2.45) is 0 Å². The smallest absolute Gasteiger partial charge is 0.253 e. The zero-order valence-electron chi connectivity index (χ0n) is 10.1. The van der Waals surface area contributed by atoms with E-state index in [0.717, 1.165) is 0 Å². The van der Waals surface area contributed by atoms with E-state index in [1.807, 2.05) is 0 Å². The highest BCUT2D eigenvalue weighted by molar-refractivity contribution is 6.34. The Morgan fingerprint density at radius 3 is 2.94 bits per heavy atom. The number of nitrogens with one attached hydrogen (secondary N) is 1. The van der Waals surface area contributed by atoms with Crippen LogP contribution in [-0.2, 0) is 4.74 Å². The van der Waals surface area contributed by atoms with Gasteiger partial charge < -0.3 is 20.9 Å². The minimum absolute atomic E-state index is 0.158. The number of halogens is 1. The Morgan fingerprint density at radius 2 is 2.33 bits per heavy atom. The van der Waals surface area contributed by atoms with Crippen molar-refractivity contribution in [1.29, 1.82) is 0 Å². The molecule has 1 aromatic rings. The number of ether oxygens (including phenoxy) is 1. The molecule has 1 unspecified atom stereocenters. The number of anilines is 1. The average molecular weight is 273 g/mol. The Kier molecular flexibility index (Phi) is 5.91. The second kappa shape index (κ2) is 7.20. The predicted molar refractivity (Wildman–Crippen MR) is 70.7 cm³/mol. The third kappa shape index (κ3) is 4.18. The average Bonchev–Trinajstić information content (AvgIpc) is 2.37. The van der Waals surface area contributed by atoms with Gasteiger partial charge in [-0.3, -0.25) is 4.79 Å². The normalized spacial score (nSPS) is 12.2. The van der Waals surface area contributed by atoms with Crippen molar-refractivity contribution in [3.8, 4) is 0 Å². The van der Waals surface area contributed by atoms with E-state index in [1.54, 1.807) is 19.2 Å². The molecule has 0 saturated heterocycles. The number of nitrogens with two attached hydrogens (primary N) is 1. The fraction of sp³-hybridized carbons (Fsp3) is 0.417. The van der Waals surface area contributed by atoms with Gasteiger partial charge in [0, 0.05) is 19.4 Å². The van der Waals surface area contributed by atoms with Gasteiger partial charge in [0.25, 0.3) is 5.91 Å². The molecule has 0 saturated carbocycles. The second-order valence-electron chi connectivity index (χ2n) is 3.87. The highest BCUT2D eigenvalue weighted by atomic mass is 35.5. The number of aliphatic hydroxyl groups is 1. The van der Waals surface area contributed by atoms with E-state index in [1.165, 1.54) is 6.07 Å². The van der Waals surface area contributed by atoms with Gasteiger partial charge in [-0.25, -0.2) is 0 Å². The molecule has 1 atom stereocenters. The standard InChI is InChI=1S/C12H17ClN2O3/c1-18-5-4-9(7-16)15-12(17)10-6-8(14)2-3-11(10)13/h2-3,6,9,16H,4-5,7,14H2,1H3,(H,15,17). The number of amides is 1. The number of hydrogen-bond acceptors (Lipinski definition) is 4. The Labute approximate surface area is 111 Å². The molecule has 1 aromatic carbocycles. The molecule has 0 heterocycles. The largest absolute Gasteiger partial charge is 0.399 e. The van der Waals surface area contributed by atoms with Crippen molar-refractivity contribution in [1.82, 2.24) is 5.32 Å². The number of aliphatic hydroxyl groups excluding tert-OH is 1. The summed E-state index contributed by atoms with van der Waals surface area (Å²) in [5.74, 6) is -0.359. The molecule has 0 radical (unpaired) electrons. The number of carbonyl (C=O) groups excluding carboxylic acids is 1. The maximum atomic E-state index is 11.9. The molecule has 1 rings (SSSR count). The van der Waals surface area contributed by atoms with Crippen molar-refractivity contribution in [2.45, 2.75) is 12.5 Å². The van der Waals surface area contributed by atoms with E-state index in [-0.39, 0.29) is 18.6 Å². The molecular weight excluding hydrogens is 256 g/mol. The highest BCUT2D eigenvalue weighted by Crippen LogP contribution is 2.18. The summed E-state index contributed by atoms with van der Waals surface area (Å²) in [4.78, 5) is 11.9. The van der Waals surface area contributed by atoms with Crippen LogP contribution in [0.1, 0.15) is 16.8 Å². The molecule has 100 valence electrons. The quantitative estimate of drug-likeness (QED) is 0.676. The first-order valence-electron chi connectivity index (χ1n) is 5.54. The number of rotatable bonds is 6. The van der Waals surface area contributed by atoms with Gasteiger partial charge in [-0.15, -0.1) is 0 Å². The van der Waals surface area contributed by atoms with E-state index < -0.39 is 0 Å². The first-order chi connectivity index (χ1) is 8.58. The number of benzene rings is 1. The minimum Gasteiger partial charge on any atom is -0.399 e. The van der Waals surface area contributed by atoms with Crippen LogP contribution in [0.5, 0.6) is 0 Å². The highest BCUT2D eigenvalue weighted by Gasteiger charge is 2.15. The van der Waals surface area contributed by atoms with E-state index in [0.29, 0.717) is 29.3 Å². The zero-order valence-corrected chi connectivity index (χ0v) is 10.9. The van der Waals surface area contributed by atoms with Gasteiger partial charge in [0.1, 0.15) is 0 Å². The van der Waals surface area contributed by atoms with Crippen molar-refractivity contribution >= 4 is 23.2 Å². The lowest BCUT2D eigenvalue weighted by Crippen LogP contribution is -2.38. The predicted octanol–water partition coefficient (Wildman–Crippen LogP) is 1.05. The van der Waals surface area contributed by atoms with Crippen molar-refractivity contribution in [3.63, 3.8) is 0 Å². The molecule has 4 N–H and O–H groups in total. The van der Waals surface area contributed by atoms with Gasteiger partial charge in [0.2, 0.25) is 0 Å². The summed E-state index contributed by atoms with van der Waals surface area (Å²) < 4.78 is 4.90. The molecule has 0 aliphatic carbocycles. The summed E-state index contributed by atoms with van der Waals surface area (Å²) in [6.45, 7) is 0.297. The van der Waals surface area contributed by atoms with E-state index >= 15 is 0 Å². The Balaban J connectivity index is 2.71. The van der Waals surface area contributed by atoms with Crippen molar-refractivity contribution in [3.05, 3.63) is 28.8 Å². The molecule has 0 bridgehead atoms. The summed E-state index contributed by atoms with van der Waals surface area (Å²) >= 11 is 5.92. The lowest BCUT2D eigenvalue weighted by Gasteiger charge is -2.16. The number of carbonyl (C=O) groups is 1. The lowest BCUT2D eigenvalue weighted by atomic mass is 10.1. The summed E-state index contributed by atoms with van der Waals surface area (Å²) in [6, 6.07) is 4.32. The number of hydrogen-bond donors (Lipinski definition) is 3. The summed E-state index contributed by atoms with van der Waals surface area (Å²) in [5, 5.41) is 12.1.